The topological polar surface area (TPSA) is 29.5 Å². The van der Waals surface area contributed by atoms with E-state index in [9.17, 15) is 4.79 Å². The fourth-order valence-electron chi connectivity index (χ4n) is 2.52. The van der Waals surface area contributed by atoms with E-state index >= 15 is 0 Å². The molecule has 23 heavy (non-hydrogen) atoms. The first-order valence-electron chi connectivity index (χ1n) is 8.03. The highest BCUT2D eigenvalue weighted by Crippen LogP contribution is 2.26. The molecule has 0 fully saturated rings. The van der Waals surface area contributed by atoms with E-state index in [4.69, 9.17) is 4.74 Å². The zero-order chi connectivity index (χ0) is 16.7. The minimum absolute atomic E-state index is 0.0974. The molecule has 1 atom stereocenters. The molecule has 0 aromatic heterocycles. The molecule has 1 unspecified atom stereocenters. The SMILES string of the molecule is CC(CCN(C)C)OC(=O)C(c1ccccc1)c1ccccc1. The van der Waals surface area contributed by atoms with Crippen LogP contribution in [0.3, 0.4) is 0 Å². The van der Waals surface area contributed by atoms with Crippen LogP contribution in [0.5, 0.6) is 0 Å². The number of carbonyl (C=O) groups is 1. The molecule has 0 heterocycles. The summed E-state index contributed by atoms with van der Waals surface area (Å²) in [6.45, 7) is 2.85. The summed E-state index contributed by atoms with van der Waals surface area (Å²) in [6, 6.07) is 19.6. The zero-order valence-corrected chi connectivity index (χ0v) is 14.1. The van der Waals surface area contributed by atoms with E-state index in [1.807, 2.05) is 81.7 Å². The fraction of sp³-hybridized carbons (Fsp3) is 0.350. The monoisotopic (exact) mass is 311 g/mol. The van der Waals surface area contributed by atoms with Gasteiger partial charge in [0, 0.05) is 6.54 Å². The number of carbonyl (C=O) groups excluding carboxylic acids is 1. The van der Waals surface area contributed by atoms with Crippen LogP contribution in [0.2, 0.25) is 0 Å². The van der Waals surface area contributed by atoms with Crippen LogP contribution in [0.15, 0.2) is 60.7 Å². The molecule has 0 N–H and O–H groups in total. The largest absolute Gasteiger partial charge is 0.462 e. The lowest BCUT2D eigenvalue weighted by Gasteiger charge is -2.21. The van der Waals surface area contributed by atoms with Crippen molar-refractivity contribution in [1.82, 2.24) is 4.90 Å². The molecule has 0 aliphatic rings. The lowest BCUT2D eigenvalue weighted by molar-refractivity contribution is -0.149. The summed E-state index contributed by atoms with van der Waals surface area (Å²) in [5.74, 6) is -0.562. The van der Waals surface area contributed by atoms with E-state index < -0.39 is 0 Å². The molecule has 0 amide bonds. The average Bonchev–Trinajstić information content (AvgIpc) is 2.55. The Kier molecular flexibility index (Phi) is 6.36. The van der Waals surface area contributed by atoms with Crippen LogP contribution in [0, 0.1) is 0 Å². The Labute approximate surface area is 138 Å². The maximum atomic E-state index is 12.8. The summed E-state index contributed by atoms with van der Waals surface area (Å²) in [5.41, 5.74) is 1.92. The van der Waals surface area contributed by atoms with Crippen LogP contribution in [0.25, 0.3) is 0 Å². The minimum Gasteiger partial charge on any atom is -0.462 e. The molecule has 0 saturated carbocycles. The van der Waals surface area contributed by atoms with Crippen molar-refractivity contribution in [3.05, 3.63) is 71.8 Å². The average molecular weight is 311 g/mol. The normalized spacial score (nSPS) is 12.4. The number of ether oxygens (including phenoxy) is 1. The smallest absolute Gasteiger partial charge is 0.318 e. The molecular weight excluding hydrogens is 286 g/mol. The predicted molar refractivity (Wildman–Crippen MR) is 93.5 cm³/mol. The van der Waals surface area contributed by atoms with Gasteiger partial charge in [0.1, 0.15) is 12.0 Å². The summed E-state index contributed by atoms with van der Waals surface area (Å²) in [4.78, 5) is 14.9. The van der Waals surface area contributed by atoms with Gasteiger partial charge in [0.25, 0.3) is 0 Å². The van der Waals surface area contributed by atoms with Crippen LogP contribution in [0.4, 0.5) is 0 Å². The van der Waals surface area contributed by atoms with Gasteiger partial charge >= 0.3 is 5.97 Å². The summed E-state index contributed by atoms with van der Waals surface area (Å²) >= 11 is 0. The Morgan fingerprint density at radius 2 is 1.43 bits per heavy atom. The van der Waals surface area contributed by atoms with E-state index in [1.54, 1.807) is 0 Å². The van der Waals surface area contributed by atoms with Crippen LogP contribution in [0.1, 0.15) is 30.4 Å². The first-order valence-corrected chi connectivity index (χ1v) is 8.03. The van der Waals surface area contributed by atoms with E-state index in [2.05, 4.69) is 4.90 Å². The lowest BCUT2D eigenvalue weighted by atomic mass is 9.91. The quantitative estimate of drug-likeness (QED) is 0.730. The molecule has 0 aliphatic carbocycles. The number of hydrogen-bond acceptors (Lipinski definition) is 3. The van der Waals surface area contributed by atoms with Crippen LogP contribution < -0.4 is 0 Å². The third-order valence-electron chi connectivity index (χ3n) is 3.80. The van der Waals surface area contributed by atoms with E-state index in [1.165, 1.54) is 0 Å². The van der Waals surface area contributed by atoms with Crippen molar-refractivity contribution < 1.29 is 9.53 Å². The van der Waals surface area contributed by atoms with Gasteiger partial charge in [0.05, 0.1) is 0 Å². The van der Waals surface area contributed by atoms with Gasteiger partial charge in [-0.25, -0.2) is 0 Å². The molecule has 122 valence electrons. The fourth-order valence-corrected chi connectivity index (χ4v) is 2.52. The van der Waals surface area contributed by atoms with Crippen LogP contribution >= 0.6 is 0 Å². The third-order valence-corrected chi connectivity index (χ3v) is 3.80. The maximum absolute atomic E-state index is 12.8. The Hall–Kier alpha value is -2.13. The molecular formula is C20H25NO2. The van der Waals surface area contributed by atoms with Crippen molar-refractivity contribution in [3.63, 3.8) is 0 Å². The zero-order valence-electron chi connectivity index (χ0n) is 14.1. The van der Waals surface area contributed by atoms with Gasteiger partial charge in [-0.15, -0.1) is 0 Å². The molecule has 2 rings (SSSR count). The lowest BCUT2D eigenvalue weighted by Crippen LogP contribution is -2.25. The highest BCUT2D eigenvalue weighted by Gasteiger charge is 2.25. The number of hydrogen-bond donors (Lipinski definition) is 0. The van der Waals surface area contributed by atoms with Gasteiger partial charge in [-0.2, -0.15) is 0 Å². The predicted octanol–water partition coefficient (Wildman–Crippen LogP) is 3.70. The minimum atomic E-state index is -0.376. The van der Waals surface area contributed by atoms with Crippen molar-refractivity contribution in [3.8, 4) is 0 Å². The summed E-state index contributed by atoms with van der Waals surface area (Å²) < 4.78 is 5.71. The summed E-state index contributed by atoms with van der Waals surface area (Å²) in [6.07, 6.45) is 0.731. The van der Waals surface area contributed by atoms with Gasteiger partial charge in [0.15, 0.2) is 0 Å². The first kappa shape index (κ1) is 17.2. The first-order chi connectivity index (χ1) is 11.1. The second-order valence-corrected chi connectivity index (χ2v) is 6.09. The Bertz CT molecular complexity index is 556. The van der Waals surface area contributed by atoms with Crippen molar-refractivity contribution in [2.45, 2.75) is 25.4 Å². The molecule has 3 nitrogen and oxygen atoms in total. The second-order valence-electron chi connectivity index (χ2n) is 6.09. The Morgan fingerprint density at radius 1 is 0.957 bits per heavy atom. The molecule has 0 aliphatic heterocycles. The van der Waals surface area contributed by atoms with Gasteiger partial charge in [-0.1, -0.05) is 60.7 Å². The van der Waals surface area contributed by atoms with E-state index in [-0.39, 0.29) is 18.0 Å². The molecule has 0 bridgehead atoms. The van der Waals surface area contributed by atoms with Gasteiger partial charge in [-0.05, 0) is 38.6 Å². The second kappa shape index (κ2) is 8.49. The van der Waals surface area contributed by atoms with Crippen molar-refractivity contribution in [2.24, 2.45) is 0 Å². The summed E-state index contributed by atoms with van der Waals surface area (Å²) in [7, 11) is 4.04. The van der Waals surface area contributed by atoms with Crippen molar-refractivity contribution >= 4 is 5.97 Å². The molecule has 0 spiro atoms. The molecule has 2 aromatic rings. The molecule has 2 aromatic carbocycles. The van der Waals surface area contributed by atoms with Gasteiger partial charge in [0.2, 0.25) is 0 Å². The van der Waals surface area contributed by atoms with Crippen molar-refractivity contribution in [2.75, 3.05) is 20.6 Å². The van der Waals surface area contributed by atoms with E-state index in [0.29, 0.717) is 0 Å². The summed E-state index contributed by atoms with van der Waals surface area (Å²) in [5, 5.41) is 0. The van der Waals surface area contributed by atoms with Crippen LogP contribution in [-0.4, -0.2) is 37.6 Å². The molecule has 0 radical (unpaired) electrons. The number of rotatable bonds is 7. The van der Waals surface area contributed by atoms with Crippen molar-refractivity contribution in [1.29, 1.82) is 0 Å². The Morgan fingerprint density at radius 3 is 1.87 bits per heavy atom. The highest BCUT2D eigenvalue weighted by molar-refractivity contribution is 5.82. The highest BCUT2D eigenvalue weighted by atomic mass is 16.5. The maximum Gasteiger partial charge on any atom is 0.318 e. The molecule has 3 heteroatoms. The number of benzene rings is 2. The number of nitrogens with zero attached hydrogens (tertiary/aromatic N) is 1. The standard InChI is InChI=1S/C20H25NO2/c1-16(14-15-21(2)3)23-20(22)19(17-10-6-4-7-11-17)18-12-8-5-9-13-18/h4-13,16,19H,14-15H2,1-3H3. The van der Waals surface area contributed by atoms with Crippen LogP contribution in [-0.2, 0) is 9.53 Å². The Balaban J connectivity index is 2.16. The van der Waals surface area contributed by atoms with E-state index in [0.717, 1.165) is 24.1 Å². The number of esters is 1. The third kappa shape index (κ3) is 5.22. The molecule has 0 saturated heterocycles. The van der Waals surface area contributed by atoms with Gasteiger partial charge < -0.3 is 9.64 Å². The van der Waals surface area contributed by atoms with Gasteiger partial charge in [-0.3, -0.25) is 4.79 Å².